The van der Waals surface area contributed by atoms with Gasteiger partial charge in [0.05, 0.1) is 0 Å². The van der Waals surface area contributed by atoms with E-state index >= 15 is 0 Å². The zero-order valence-corrected chi connectivity index (χ0v) is 17.9. The van der Waals surface area contributed by atoms with Crippen LogP contribution in [-0.2, 0) is 23.2 Å². The molecule has 174 valence electrons. The largest absolute Gasteiger partial charge is 0.489 e. The Morgan fingerprint density at radius 3 is 1.85 bits per heavy atom. The van der Waals surface area contributed by atoms with Crippen LogP contribution in [0.2, 0.25) is 0 Å². The highest BCUT2D eigenvalue weighted by molar-refractivity contribution is 7.89. The van der Waals surface area contributed by atoms with Gasteiger partial charge in [-0.15, -0.1) is 0 Å². The molecule has 0 heterocycles. The molecule has 0 saturated heterocycles. The van der Waals surface area contributed by atoms with E-state index in [1.165, 1.54) is 0 Å². The normalized spacial score (nSPS) is 14.0. The van der Waals surface area contributed by atoms with E-state index in [-0.39, 0.29) is 6.54 Å². The summed E-state index contributed by atoms with van der Waals surface area (Å²) in [5.41, 5.74) is 1.41. The van der Waals surface area contributed by atoms with Gasteiger partial charge in [0.2, 0.25) is 15.8 Å². The average Bonchev–Trinajstić information content (AvgIpc) is 3.65. The third kappa shape index (κ3) is 4.72. The van der Waals surface area contributed by atoms with E-state index in [1.807, 2.05) is 30.3 Å². The van der Waals surface area contributed by atoms with Crippen LogP contribution in [0.5, 0.6) is 5.75 Å². The minimum absolute atomic E-state index is 0.300. The highest BCUT2D eigenvalue weighted by Crippen LogP contribution is 2.36. The van der Waals surface area contributed by atoms with Gasteiger partial charge in [-0.05, 0) is 36.1 Å². The molecule has 0 aromatic heterocycles. The molecule has 1 aliphatic rings. The van der Waals surface area contributed by atoms with Gasteiger partial charge in [-0.2, -0.15) is 4.31 Å². The van der Waals surface area contributed by atoms with Crippen LogP contribution in [0.4, 0.5) is 22.0 Å². The Kier molecular flexibility index (Phi) is 6.40. The van der Waals surface area contributed by atoms with Crippen molar-refractivity contribution in [1.29, 1.82) is 0 Å². The number of sulfonamides is 1. The highest BCUT2D eigenvalue weighted by atomic mass is 32.2. The Balaban J connectivity index is 1.56. The van der Waals surface area contributed by atoms with Gasteiger partial charge in [-0.1, -0.05) is 42.5 Å². The predicted molar refractivity (Wildman–Crippen MR) is 109 cm³/mol. The predicted octanol–water partition coefficient (Wildman–Crippen LogP) is 5.31. The van der Waals surface area contributed by atoms with Gasteiger partial charge < -0.3 is 4.74 Å². The number of nitrogens with zero attached hydrogens (tertiary/aromatic N) is 1. The molecule has 0 radical (unpaired) electrons. The van der Waals surface area contributed by atoms with Crippen LogP contribution < -0.4 is 4.74 Å². The highest BCUT2D eigenvalue weighted by Gasteiger charge is 2.43. The van der Waals surface area contributed by atoms with Crippen molar-refractivity contribution in [2.24, 2.45) is 0 Å². The summed E-state index contributed by atoms with van der Waals surface area (Å²) in [6.45, 7) is 0.0223. The molecule has 0 unspecified atom stereocenters. The standard InChI is InChI=1S/C23H18F5NO3S/c24-18-19(25)21(27)23(22(28)20(18)26)33(30,31)29(16-8-9-16)12-14-6-10-17(11-7-14)32-13-15-4-2-1-3-5-15/h1-7,10-11,16H,8-9,12-13H2. The fourth-order valence-electron chi connectivity index (χ4n) is 3.31. The van der Waals surface area contributed by atoms with Crippen LogP contribution in [0.1, 0.15) is 24.0 Å². The van der Waals surface area contributed by atoms with Crippen molar-refractivity contribution in [1.82, 2.24) is 4.31 Å². The molecule has 1 aliphatic carbocycles. The van der Waals surface area contributed by atoms with Gasteiger partial charge >= 0.3 is 0 Å². The summed E-state index contributed by atoms with van der Waals surface area (Å²) in [5, 5.41) is 0. The van der Waals surface area contributed by atoms with Crippen molar-refractivity contribution in [3.05, 3.63) is 94.8 Å². The van der Waals surface area contributed by atoms with Crippen molar-refractivity contribution >= 4 is 10.0 Å². The van der Waals surface area contributed by atoms with E-state index in [0.717, 1.165) is 9.87 Å². The van der Waals surface area contributed by atoms with Crippen LogP contribution >= 0.6 is 0 Å². The quantitative estimate of drug-likeness (QED) is 0.248. The van der Waals surface area contributed by atoms with E-state index in [9.17, 15) is 30.4 Å². The van der Waals surface area contributed by atoms with Crippen LogP contribution in [-0.4, -0.2) is 18.8 Å². The summed E-state index contributed by atoms with van der Waals surface area (Å²) >= 11 is 0. The topological polar surface area (TPSA) is 46.6 Å². The second-order valence-electron chi connectivity index (χ2n) is 7.60. The first-order chi connectivity index (χ1) is 15.7. The summed E-state index contributed by atoms with van der Waals surface area (Å²) in [7, 11) is -5.01. The molecule has 0 spiro atoms. The van der Waals surface area contributed by atoms with E-state index in [2.05, 4.69) is 0 Å². The zero-order chi connectivity index (χ0) is 23.8. The number of hydrogen-bond donors (Lipinski definition) is 0. The van der Waals surface area contributed by atoms with Gasteiger partial charge in [0.25, 0.3) is 0 Å². The third-order valence-corrected chi connectivity index (χ3v) is 7.12. The number of rotatable bonds is 8. The monoisotopic (exact) mass is 483 g/mol. The minimum atomic E-state index is -5.01. The Morgan fingerprint density at radius 2 is 1.30 bits per heavy atom. The van der Waals surface area contributed by atoms with E-state index in [1.54, 1.807) is 24.3 Å². The fourth-order valence-corrected chi connectivity index (χ4v) is 5.10. The maximum Gasteiger partial charge on any atom is 0.249 e. The fraction of sp³-hybridized carbons (Fsp3) is 0.217. The maximum absolute atomic E-state index is 14.2. The van der Waals surface area contributed by atoms with Gasteiger partial charge in [0, 0.05) is 12.6 Å². The summed E-state index contributed by atoms with van der Waals surface area (Å²) in [5.74, 6) is -11.2. The zero-order valence-electron chi connectivity index (χ0n) is 17.1. The molecule has 4 rings (SSSR count). The first-order valence-corrected chi connectivity index (χ1v) is 11.4. The van der Waals surface area contributed by atoms with Gasteiger partial charge in [-0.3, -0.25) is 0 Å². The lowest BCUT2D eigenvalue weighted by Gasteiger charge is -2.23. The Bertz CT molecular complexity index is 1230. The molecule has 4 nitrogen and oxygen atoms in total. The molecule has 10 heteroatoms. The van der Waals surface area contributed by atoms with Crippen molar-refractivity contribution in [2.75, 3.05) is 0 Å². The average molecular weight is 483 g/mol. The first-order valence-electron chi connectivity index (χ1n) is 9.99. The molecule has 33 heavy (non-hydrogen) atoms. The molecular formula is C23H18F5NO3S. The molecule has 1 fully saturated rings. The van der Waals surface area contributed by atoms with Crippen molar-refractivity contribution in [2.45, 2.75) is 36.9 Å². The second kappa shape index (κ2) is 9.11. The van der Waals surface area contributed by atoms with Gasteiger partial charge in [0.15, 0.2) is 28.2 Å². The van der Waals surface area contributed by atoms with Gasteiger partial charge in [0.1, 0.15) is 12.4 Å². The van der Waals surface area contributed by atoms with Crippen LogP contribution in [0.3, 0.4) is 0 Å². The lowest BCUT2D eigenvalue weighted by atomic mass is 10.2. The van der Waals surface area contributed by atoms with E-state index < -0.39 is 50.0 Å². The smallest absolute Gasteiger partial charge is 0.249 e. The van der Waals surface area contributed by atoms with Crippen molar-refractivity contribution in [3.63, 3.8) is 0 Å². The molecule has 0 aliphatic heterocycles. The summed E-state index contributed by atoms with van der Waals surface area (Å²) in [6.07, 6.45) is 0.819. The molecule has 3 aromatic carbocycles. The lowest BCUT2D eigenvalue weighted by molar-refractivity contribution is 0.306. The van der Waals surface area contributed by atoms with Gasteiger partial charge in [-0.25, -0.2) is 30.4 Å². The molecule has 1 saturated carbocycles. The van der Waals surface area contributed by atoms with Crippen LogP contribution in [0.25, 0.3) is 0 Å². The lowest BCUT2D eigenvalue weighted by Crippen LogP contribution is -2.34. The Labute approximate surface area is 187 Å². The number of benzene rings is 3. The summed E-state index contributed by atoms with van der Waals surface area (Å²) in [4.78, 5) is -1.84. The van der Waals surface area contributed by atoms with Crippen molar-refractivity contribution in [3.8, 4) is 5.75 Å². The van der Waals surface area contributed by atoms with Crippen molar-refractivity contribution < 1.29 is 35.1 Å². The number of halogens is 5. The SMILES string of the molecule is O=S(=O)(c1c(F)c(F)c(F)c(F)c1F)N(Cc1ccc(OCc2ccccc2)cc1)C1CC1. The summed E-state index contributed by atoms with van der Waals surface area (Å²) < 4.78 is 101. The summed E-state index contributed by atoms with van der Waals surface area (Å²) in [6, 6.07) is 15.2. The van der Waals surface area contributed by atoms with Crippen LogP contribution in [0.15, 0.2) is 59.5 Å². The number of hydrogen-bond acceptors (Lipinski definition) is 3. The Morgan fingerprint density at radius 1 is 0.758 bits per heavy atom. The molecular weight excluding hydrogens is 465 g/mol. The molecule has 0 atom stereocenters. The first kappa shape index (κ1) is 23.2. The third-order valence-electron chi connectivity index (χ3n) is 5.20. The van der Waals surface area contributed by atoms with Crippen LogP contribution in [0, 0.1) is 29.1 Å². The molecule has 0 bridgehead atoms. The second-order valence-corrected chi connectivity index (χ2v) is 9.43. The minimum Gasteiger partial charge on any atom is -0.489 e. The molecule has 0 N–H and O–H groups in total. The maximum atomic E-state index is 14.2. The van der Waals surface area contributed by atoms with E-state index in [4.69, 9.17) is 4.74 Å². The number of ether oxygens (including phenoxy) is 1. The molecule has 0 amide bonds. The molecule has 3 aromatic rings. The Hall–Kier alpha value is -2.98. The van der Waals surface area contributed by atoms with E-state index in [0.29, 0.717) is 30.8 Å².